The molecule has 0 unspecified atom stereocenters. The van der Waals surface area contributed by atoms with E-state index < -0.39 is 6.61 Å². The zero-order valence-corrected chi connectivity index (χ0v) is 18.7. The van der Waals surface area contributed by atoms with E-state index in [1.54, 1.807) is 12.4 Å². The third kappa shape index (κ3) is 5.25. The van der Waals surface area contributed by atoms with Gasteiger partial charge in [-0.3, -0.25) is 14.3 Å². The van der Waals surface area contributed by atoms with Gasteiger partial charge in [-0.2, -0.15) is 8.78 Å². The standard InChI is InChI=1S/C24H20F2N4O2S/c1-15-3-6-19(13-16(15)2)30-22(18-9-11-27-12-10-18)28-29-24(30)33-14-21(31)17-4-7-20(8-5-17)32-23(25)26/h3-13,23H,14H2,1-2H3. The molecule has 168 valence electrons. The Bertz CT molecular complexity index is 1260. The van der Waals surface area contributed by atoms with Gasteiger partial charge in [0.2, 0.25) is 0 Å². The monoisotopic (exact) mass is 466 g/mol. The summed E-state index contributed by atoms with van der Waals surface area (Å²) in [5.41, 5.74) is 4.43. The van der Waals surface area contributed by atoms with Crippen molar-refractivity contribution in [3.63, 3.8) is 0 Å². The lowest BCUT2D eigenvalue weighted by Gasteiger charge is -2.12. The van der Waals surface area contributed by atoms with Gasteiger partial charge in [-0.25, -0.2) is 0 Å². The van der Waals surface area contributed by atoms with Crippen molar-refractivity contribution in [2.75, 3.05) is 5.75 Å². The SMILES string of the molecule is Cc1ccc(-n2c(SCC(=O)c3ccc(OC(F)F)cc3)nnc2-c2ccncc2)cc1C. The summed E-state index contributed by atoms with van der Waals surface area (Å²) in [6, 6.07) is 15.4. The van der Waals surface area contributed by atoms with Crippen molar-refractivity contribution in [2.45, 2.75) is 25.6 Å². The van der Waals surface area contributed by atoms with E-state index in [2.05, 4.69) is 26.0 Å². The van der Waals surface area contributed by atoms with Crippen LogP contribution in [-0.2, 0) is 0 Å². The van der Waals surface area contributed by atoms with Crippen molar-refractivity contribution in [1.29, 1.82) is 0 Å². The molecule has 9 heteroatoms. The molecular formula is C24H20F2N4O2S. The molecule has 0 aliphatic heterocycles. The van der Waals surface area contributed by atoms with Gasteiger partial charge in [0.25, 0.3) is 0 Å². The maximum absolute atomic E-state index is 12.7. The molecule has 2 aromatic heterocycles. The average Bonchev–Trinajstić information content (AvgIpc) is 3.24. The normalized spacial score (nSPS) is 11.1. The maximum atomic E-state index is 12.7. The topological polar surface area (TPSA) is 69.9 Å². The summed E-state index contributed by atoms with van der Waals surface area (Å²) < 4.78 is 30.9. The number of Topliss-reactive ketones (excluding diaryl/α,β-unsaturated/α-hetero) is 1. The summed E-state index contributed by atoms with van der Waals surface area (Å²) in [5.74, 6) is 0.590. The number of hydrogen-bond donors (Lipinski definition) is 0. The number of carbonyl (C=O) groups is 1. The van der Waals surface area contributed by atoms with Crippen LogP contribution in [0.4, 0.5) is 8.78 Å². The van der Waals surface area contributed by atoms with Crippen LogP contribution < -0.4 is 4.74 Å². The number of hydrogen-bond acceptors (Lipinski definition) is 6. The molecule has 0 aliphatic rings. The minimum atomic E-state index is -2.91. The van der Waals surface area contributed by atoms with E-state index in [1.807, 2.05) is 42.7 Å². The number of nitrogens with zero attached hydrogens (tertiary/aromatic N) is 4. The summed E-state index contributed by atoms with van der Waals surface area (Å²) in [5, 5.41) is 9.27. The molecule has 0 atom stereocenters. The summed E-state index contributed by atoms with van der Waals surface area (Å²) in [6.45, 7) is 1.17. The van der Waals surface area contributed by atoms with Crippen molar-refractivity contribution in [2.24, 2.45) is 0 Å². The third-order valence-electron chi connectivity index (χ3n) is 5.05. The molecule has 6 nitrogen and oxygen atoms in total. The highest BCUT2D eigenvalue weighted by Gasteiger charge is 2.18. The van der Waals surface area contributed by atoms with Crippen LogP contribution in [0, 0.1) is 13.8 Å². The lowest BCUT2D eigenvalue weighted by molar-refractivity contribution is -0.0498. The van der Waals surface area contributed by atoms with Crippen molar-refractivity contribution in [3.8, 4) is 22.8 Å². The molecule has 0 amide bonds. The number of halogens is 2. The molecule has 0 N–H and O–H groups in total. The summed E-state index contributed by atoms with van der Waals surface area (Å²) >= 11 is 1.26. The molecule has 0 aliphatic carbocycles. The summed E-state index contributed by atoms with van der Waals surface area (Å²) in [6.07, 6.45) is 3.37. The van der Waals surface area contributed by atoms with Crippen molar-refractivity contribution in [3.05, 3.63) is 83.7 Å². The second-order valence-electron chi connectivity index (χ2n) is 7.26. The van der Waals surface area contributed by atoms with Gasteiger partial charge in [0, 0.05) is 23.5 Å². The van der Waals surface area contributed by atoms with Crippen LogP contribution in [-0.4, -0.2) is 37.9 Å². The van der Waals surface area contributed by atoms with Crippen LogP contribution in [0.1, 0.15) is 21.5 Å². The quantitative estimate of drug-likeness (QED) is 0.251. The van der Waals surface area contributed by atoms with Crippen molar-refractivity contribution < 1.29 is 18.3 Å². The number of ether oxygens (including phenoxy) is 1. The molecule has 33 heavy (non-hydrogen) atoms. The predicted molar refractivity (Wildman–Crippen MR) is 122 cm³/mol. The second-order valence-corrected chi connectivity index (χ2v) is 8.20. The second kappa shape index (κ2) is 9.91. The summed E-state index contributed by atoms with van der Waals surface area (Å²) in [4.78, 5) is 16.8. The van der Waals surface area contributed by atoms with Crippen LogP contribution in [0.15, 0.2) is 72.1 Å². The Morgan fingerprint density at radius 3 is 2.39 bits per heavy atom. The smallest absolute Gasteiger partial charge is 0.387 e. The van der Waals surface area contributed by atoms with Gasteiger partial charge in [0.05, 0.1) is 11.4 Å². The largest absolute Gasteiger partial charge is 0.435 e. The minimum Gasteiger partial charge on any atom is -0.435 e. The molecule has 0 bridgehead atoms. The number of aryl methyl sites for hydroxylation is 2. The molecule has 0 fully saturated rings. The lowest BCUT2D eigenvalue weighted by atomic mass is 10.1. The number of ketones is 1. The van der Waals surface area contributed by atoms with Gasteiger partial charge < -0.3 is 4.74 Å². The Labute approximate surface area is 193 Å². The number of benzene rings is 2. The molecule has 0 saturated carbocycles. The molecule has 2 aromatic carbocycles. The maximum Gasteiger partial charge on any atom is 0.387 e. The number of carbonyl (C=O) groups excluding carboxylic acids is 1. The molecule has 0 radical (unpaired) electrons. The van der Waals surface area contributed by atoms with Crippen LogP contribution in [0.3, 0.4) is 0 Å². The van der Waals surface area contributed by atoms with E-state index in [1.165, 1.54) is 41.6 Å². The first-order valence-electron chi connectivity index (χ1n) is 10.1. The zero-order valence-electron chi connectivity index (χ0n) is 17.9. The fourth-order valence-corrected chi connectivity index (χ4v) is 4.03. The fraction of sp³-hybridized carbons (Fsp3) is 0.167. The van der Waals surface area contributed by atoms with E-state index in [-0.39, 0.29) is 17.3 Å². The van der Waals surface area contributed by atoms with Crippen molar-refractivity contribution in [1.82, 2.24) is 19.7 Å². The van der Waals surface area contributed by atoms with Gasteiger partial charge in [0.1, 0.15) is 5.75 Å². The molecule has 0 saturated heterocycles. The molecule has 4 aromatic rings. The third-order valence-corrected chi connectivity index (χ3v) is 5.98. The molecule has 2 heterocycles. The molecule has 4 rings (SSSR count). The number of aromatic nitrogens is 4. The Morgan fingerprint density at radius 1 is 1.00 bits per heavy atom. The van der Waals surface area contributed by atoms with Crippen LogP contribution in [0.25, 0.3) is 17.1 Å². The number of thioether (sulfide) groups is 1. The van der Waals surface area contributed by atoms with Gasteiger partial charge in [-0.05, 0) is 73.5 Å². The van der Waals surface area contributed by atoms with Crippen LogP contribution in [0.2, 0.25) is 0 Å². The van der Waals surface area contributed by atoms with Crippen molar-refractivity contribution >= 4 is 17.5 Å². The molecular weight excluding hydrogens is 446 g/mol. The first kappa shape index (κ1) is 22.6. The first-order chi connectivity index (χ1) is 15.9. The first-order valence-corrected chi connectivity index (χ1v) is 11.1. The Hall–Kier alpha value is -3.59. The van der Waals surface area contributed by atoms with Gasteiger partial charge in [-0.15, -0.1) is 10.2 Å². The fourth-order valence-electron chi connectivity index (χ4n) is 3.18. The van der Waals surface area contributed by atoms with E-state index >= 15 is 0 Å². The van der Waals surface area contributed by atoms with Gasteiger partial charge >= 0.3 is 6.61 Å². The Balaban J connectivity index is 1.60. The van der Waals surface area contributed by atoms with Crippen LogP contribution >= 0.6 is 11.8 Å². The Kier molecular flexibility index (Phi) is 6.79. The Morgan fingerprint density at radius 2 is 1.73 bits per heavy atom. The highest BCUT2D eigenvalue weighted by atomic mass is 32.2. The number of rotatable bonds is 8. The predicted octanol–water partition coefficient (Wildman–Crippen LogP) is 5.52. The average molecular weight is 467 g/mol. The lowest BCUT2D eigenvalue weighted by Crippen LogP contribution is -2.06. The van der Waals surface area contributed by atoms with Gasteiger partial charge in [0.15, 0.2) is 16.8 Å². The highest BCUT2D eigenvalue weighted by Crippen LogP contribution is 2.29. The van der Waals surface area contributed by atoms with Crippen LogP contribution in [0.5, 0.6) is 5.75 Å². The van der Waals surface area contributed by atoms with E-state index in [0.29, 0.717) is 16.5 Å². The van der Waals surface area contributed by atoms with E-state index in [0.717, 1.165) is 16.8 Å². The number of alkyl halides is 2. The number of pyridine rings is 1. The molecule has 0 spiro atoms. The van der Waals surface area contributed by atoms with E-state index in [9.17, 15) is 13.6 Å². The summed E-state index contributed by atoms with van der Waals surface area (Å²) in [7, 11) is 0. The van der Waals surface area contributed by atoms with Gasteiger partial charge in [-0.1, -0.05) is 17.8 Å². The van der Waals surface area contributed by atoms with E-state index in [4.69, 9.17) is 0 Å². The highest BCUT2D eigenvalue weighted by molar-refractivity contribution is 7.99. The minimum absolute atomic E-state index is 0.00526. The zero-order chi connectivity index (χ0) is 23.4.